The second-order valence-electron chi connectivity index (χ2n) is 13.3. The molecule has 0 fully saturated rings. The molecule has 0 saturated heterocycles. The van der Waals surface area contributed by atoms with Crippen molar-refractivity contribution in [3.05, 3.63) is 205 Å². The molecule has 53 heavy (non-hydrogen) atoms. The van der Waals surface area contributed by atoms with E-state index in [1.165, 1.54) is 0 Å². The molecule has 0 saturated carbocycles. The zero-order valence-corrected chi connectivity index (χ0v) is 28.8. The Kier molecular flexibility index (Phi) is 7.47. The average Bonchev–Trinajstić information content (AvgIpc) is 3.66. The van der Waals surface area contributed by atoms with Gasteiger partial charge in [-0.15, -0.1) is 0 Å². The first-order chi connectivity index (χ1) is 26.3. The van der Waals surface area contributed by atoms with E-state index < -0.39 is 0 Å². The number of hydrogen-bond acceptors (Lipinski definition) is 4. The van der Waals surface area contributed by atoms with Crippen molar-refractivity contribution < 1.29 is 0 Å². The van der Waals surface area contributed by atoms with Crippen LogP contribution in [0.4, 0.5) is 0 Å². The zero-order valence-electron chi connectivity index (χ0n) is 28.8. The van der Waals surface area contributed by atoms with Gasteiger partial charge in [-0.1, -0.05) is 152 Å². The summed E-state index contributed by atoms with van der Waals surface area (Å²) >= 11 is 0. The minimum atomic E-state index is -0.175. The number of aromatic nitrogens is 3. The number of benzene rings is 7. The summed E-state index contributed by atoms with van der Waals surface area (Å²) in [4.78, 5) is 15.3. The molecule has 0 spiro atoms. The van der Waals surface area contributed by atoms with Crippen LogP contribution in [0.5, 0.6) is 0 Å². The highest BCUT2D eigenvalue weighted by Crippen LogP contribution is 2.39. The number of allylic oxidation sites excluding steroid dienone is 1. The first-order valence-electron chi connectivity index (χ1n) is 17.9. The normalized spacial score (nSPS) is 14.2. The van der Waals surface area contributed by atoms with Gasteiger partial charge in [0.1, 0.15) is 12.0 Å². The molecule has 9 aromatic rings. The van der Waals surface area contributed by atoms with Crippen molar-refractivity contribution in [3.8, 4) is 28.2 Å². The molecular formula is C48H33N5. The number of nitrogens with one attached hydrogen (secondary N) is 1. The number of imidazole rings is 1. The fraction of sp³-hybridized carbons (Fsp3) is 0.0208. The number of fused-ring (bicyclic) bond motifs is 6. The van der Waals surface area contributed by atoms with Gasteiger partial charge in [0.05, 0.1) is 22.3 Å². The Morgan fingerprint density at radius 1 is 0.472 bits per heavy atom. The highest BCUT2D eigenvalue weighted by Gasteiger charge is 2.22. The maximum atomic E-state index is 5.37. The van der Waals surface area contributed by atoms with Crippen LogP contribution in [0, 0.1) is 0 Å². The van der Waals surface area contributed by atoms with E-state index >= 15 is 0 Å². The van der Waals surface area contributed by atoms with Crippen LogP contribution in [-0.2, 0) is 0 Å². The van der Waals surface area contributed by atoms with Gasteiger partial charge in [0.25, 0.3) is 0 Å². The van der Waals surface area contributed by atoms with Crippen LogP contribution in [0.25, 0.3) is 66.6 Å². The first-order valence-corrected chi connectivity index (χ1v) is 17.9. The van der Waals surface area contributed by atoms with Crippen molar-refractivity contribution in [2.45, 2.75) is 6.17 Å². The second kappa shape index (κ2) is 12.9. The quantitative estimate of drug-likeness (QED) is 0.178. The molecule has 10 rings (SSSR count). The van der Waals surface area contributed by atoms with Gasteiger partial charge in [-0.2, -0.15) is 0 Å². The zero-order chi connectivity index (χ0) is 35.1. The third-order valence-electron chi connectivity index (χ3n) is 10.1. The molecule has 2 aromatic heterocycles. The maximum Gasteiger partial charge on any atom is 0.145 e. The summed E-state index contributed by atoms with van der Waals surface area (Å²) in [5.41, 5.74) is 12.8. The van der Waals surface area contributed by atoms with Crippen LogP contribution in [0.2, 0.25) is 0 Å². The lowest BCUT2D eigenvalue weighted by Gasteiger charge is -2.25. The standard InChI is InChI=1S/C48H33N5/c1-4-13-34(14-5-1)42-31-43(51-47(50-42)36-15-6-2-7-16-36)35-26-22-32(23-27-35)33-24-28-37(29-25-33)48-52-45-40-20-11-10-19-39(40)44-41(21-12-30-49-44)46(45)53(48)38-17-8-3-9-18-38/h1-31,47,51H. The van der Waals surface area contributed by atoms with Crippen LogP contribution in [0.3, 0.4) is 0 Å². The molecule has 5 nitrogen and oxygen atoms in total. The van der Waals surface area contributed by atoms with Gasteiger partial charge in [-0.3, -0.25) is 14.5 Å². The van der Waals surface area contributed by atoms with Crippen LogP contribution < -0.4 is 5.32 Å². The average molecular weight is 680 g/mol. The Bertz CT molecular complexity index is 2820. The lowest BCUT2D eigenvalue weighted by Crippen LogP contribution is -2.24. The Labute approximate surface area is 307 Å². The van der Waals surface area contributed by atoms with Gasteiger partial charge in [0.2, 0.25) is 0 Å². The van der Waals surface area contributed by atoms with Gasteiger partial charge in [-0.05, 0) is 58.2 Å². The molecule has 0 aliphatic carbocycles. The molecule has 1 aliphatic rings. The number of para-hydroxylation sites is 1. The summed E-state index contributed by atoms with van der Waals surface area (Å²) in [5.74, 6) is 0.897. The smallest absolute Gasteiger partial charge is 0.145 e. The van der Waals surface area contributed by atoms with E-state index in [-0.39, 0.29) is 6.17 Å². The largest absolute Gasteiger partial charge is 0.360 e. The van der Waals surface area contributed by atoms with Crippen LogP contribution in [0.1, 0.15) is 22.9 Å². The number of hydrogen-bond donors (Lipinski definition) is 1. The van der Waals surface area contributed by atoms with Gasteiger partial charge in [-0.25, -0.2) is 4.98 Å². The first kappa shape index (κ1) is 30.7. The molecule has 1 aliphatic heterocycles. The number of rotatable bonds is 6. The van der Waals surface area contributed by atoms with E-state index in [0.717, 1.165) is 89.0 Å². The van der Waals surface area contributed by atoms with Gasteiger partial charge < -0.3 is 5.32 Å². The lowest BCUT2D eigenvalue weighted by atomic mass is 9.99. The molecule has 1 atom stereocenters. The predicted octanol–water partition coefficient (Wildman–Crippen LogP) is 11.2. The number of nitrogens with zero attached hydrogens (tertiary/aromatic N) is 4. The molecule has 1 unspecified atom stereocenters. The van der Waals surface area contributed by atoms with Gasteiger partial charge in [0.15, 0.2) is 0 Å². The van der Waals surface area contributed by atoms with Crippen molar-refractivity contribution >= 4 is 44.1 Å². The van der Waals surface area contributed by atoms with Crippen molar-refractivity contribution in [1.29, 1.82) is 0 Å². The van der Waals surface area contributed by atoms with Crippen molar-refractivity contribution in [3.63, 3.8) is 0 Å². The molecule has 0 radical (unpaired) electrons. The van der Waals surface area contributed by atoms with Crippen LogP contribution in [0.15, 0.2) is 193 Å². The predicted molar refractivity (Wildman–Crippen MR) is 218 cm³/mol. The Balaban J connectivity index is 1.02. The summed E-state index contributed by atoms with van der Waals surface area (Å²) in [6.45, 7) is 0. The Morgan fingerprint density at radius 2 is 1.04 bits per heavy atom. The molecule has 3 heterocycles. The van der Waals surface area contributed by atoms with Gasteiger partial charge >= 0.3 is 0 Å². The maximum absolute atomic E-state index is 5.37. The summed E-state index contributed by atoms with van der Waals surface area (Å²) in [5, 5.41) is 6.97. The monoisotopic (exact) mass is 679 g/mol. The highest BCUT2D eigenvalue weighted by atomic mass is 15.1. The molecule has 250 valence electrons. The fourth-order valence-electron chi connectivity index (χ4n) is 7.50. The van der Waals surface area contributed by atoms with E-state index in [1.54, 1.807) is 0 Å². The van der Waals surface area contributed by atoms with Crippen LogP contribution in [-0.4, -0.2) is 20.2 Å². The van der Waals surface area contributed by atoms with E-state index in [1.807, 2.05) is 24.4 Å². The molecule has 1 N–H and O–H groups in total. The summed E-state index contributed by atoms with van der Waals surface area (Å²) in [6.07, 6.45) is 3.85. The fourth-order valence-corrected chi connectivity index (χ4v) is 7.50. The summed E-state index contributed by atoms with van der Waals surface area (Å²) < 4.78 is 2.29. The van der Waals surface area contributed by atoms with Crippen LogP contribution >= 0.6 is 0 Å². The van der Waals surface area contributed by atoms with Crippen molar-refractivity contribution in [2.24, 2.45) is 4.99 Å². The minimum Gasteiger partial charge on any atom is -0.360 e. The van der Waals surface area contributed by atoms with E-state index in [4.69, 9.17) is 15.0 Å². The Hall–Kier alpha value is -7.11. The molecular weight excluding hydrogens is 647 g/mol. The molecule has 0 amide bonds. The summed E-state index contributed by atoms with van der Waals surface area (Å²) in [6, 6.07) is 61.4. The van der Waals surface area contributed by atoms with E-state index in [0.29, 0.717) is 0 Å². The van der Waals surface area contributed by atoms with E-state index in [9.17, 15) is 0 Å². The topological polar surface area (TPSA) is 55.1 Å². The Morgan fingerprint density at radius 3 is 1.74 bits per heavy atom. The number of aliphatic imine (C=N–C) groups is 1. The minimum absolute atomic E-state index is 0.175. The third-order valence-corrected chi connectivity index (χ3v) is 10.1. The van der Waals surface area contributed by atoms with Crippen molar-refractivity contribution in [2.75, 3.05) is 0 Å². The molecule has 5 heteroatoms. The van der Waals surface area contributed by atoms with Gasteiger partial charge in [0, 0.05) is 39.3 Å². The second-order valence-corrected chi connectivity index (χ2v) is 13.3. The lowest BCUT2D eigenvalue weighted by molar-refractivity contribution is 0.664. The molecule has 7 aromatic carbocycles. The third kappa shape index (κ3) is 5.47. The molecule has 0 bridgehead atoms. The van der Waals surface area contributed by atoms with Crippen molar-refractivity contribution in [1.82, 2.24) is 19.9 Å². The SMILES string of the molecule is C1=C(c2ccc(-c3ccc(-c4nc5c6ccccc6c6ncccc6c5n4-c4ccccc4)cc3)cc2)NC(c2ccccc2)N=C1c1ccccc1. The van der Waals surface area contributed by atoms with E-state index in [2.05, 4.69) is 174 Å². The summed E-state index contributed by atoms with van der Waals surface area (Å²) in [7, 11) is 0. The highest BCUT2D eigenvalue weighted by molar-refractivity contribution is 6.23. The number of pyridine rings is 1.